The summed E-state index contributed by atoms with van der Waals surface area (Å²) in [6.07, 6.45) is -4.05. The molecule has 0 radical (unpaired) electrons. The second-order valence-electron chi connectivity index (χ2n) is 4.41. The van der Waals surface area contributed by atoms with Gasteiger partial charge in [-0.15, -0.1) is 21.5 Å². The molecule has 0 saturated heterocycles. The van der Waals surface area contributed by atoms with Crippen LogP contribution in [0.4, 0.5) is 13.2 Å². The third-order valence-electron chi connectivity index (χ3n) is 2.88. The van der Waals surface area contributed by atoms with Gasteiger partial charge in [0.25, 0.3) is 5.09 Å². The molecule has 1 aromatic carbocycles. The predicted octanol–water partition coefficient (Wildman–Crippen LogP) is 3.89. The van der Waals surface area contributed by atoms with Gasteiger partial charge in [-0.05, 0) is 19.1 Å². The first-order valence-corrected chi connectivity index (χ1v) is 7.00. The summed E-state index contributed by atoms with van der Waals surface area (Å²) in [6.45, 7) is 1.66. The van der Waals surface area contributed by atoms with E-state index in [1.807, 2.05) is 0 Å². The second-order valence-corrected chi connectivity index (χ2v) is 5.49. The van der Waals surface area contributed by atoms with E-state index in [1.165, 1.54) is 23.5 Å². The Morgan fingerprint density at radius 2 is 1.95 bits per heavy atom. The number of hydrogen-bond donors (Lipinski definition) is 0. The van der Waals surface area contributed by atoms with Gasteiger partial charge < -0.3 is 4.84 Å². The van der Waals surface area contributed by atoms with Gasteiger partial charge in [-0.3, -0.25) is 0 Å². The van der Waals surface area contributed by atoms with Crippen LogP contribution in [0.25, 0.3) is 10.6 Å². The first kappa shape index (κ1) is 16.2. The number of hydrogen-bond acceptors (Lipinski definition) is 5. The number of aryl methyl sites for hydroxylation is 1. The molecular weight excluding hydrogens is 321 g/mol. The van der Waals surface area contributed by atoms with Crippen LogP contribution in [0, 0.1) is 17.0 Å². The van der Waals surface area contributed by atoms with Gasteiger partial charge in [0, 0.05) is 16.9 Å². The van der Waals surface area contributed by atoms with E-state index in [-0.39, 0.29) is 6.61 Å². The molecule has 1 heterocycles. The maximum Gasteiger partial charge on any atom is 0.416 e. The normalized spacial score (nSPS) is 11.5. The first-order valence-electron chi connectivity index (χ1n) is 6.18. The number of aromatic nitrogens is 1. The SMILES string of the molecule is Cc1nc(-c2ccc(C(F)(F)F)cc2)sc1CCO[N+](=O)[O-]. The van der Waals surface area contributed by atoms with Gasteiger partial charge in [-0.25, -0.2) is 4.98 Å². The van der Waals surface area contributed by atoms with Crippen LogP contribution in [0.3, 0.4) is 0 Å². The van der Waals surface area contributed by atoms with Gasteiger partial charge in [0.2, 0.25) is 0 Å². The van der Waals surface area contributed by atoms with Gasteiger partial charge >= 0.3 is 6.18 Å². The summed E-state index contributed by atoms with van der Waals surface area (Å²) in [5, 5.41) is 9.80. The van der Waals surface area contributed by atoms with E-state index in [9.17, 15) is 23.3 Å². The van der Waals surface area contributed by atoms with Gasteiger partial charge in [0.15, 0.2) is 0 Å². The van der Waals surface area contributed by atoms with E-state index in [4.69, 9.17) is 0 Å². The van der Waals surface area contributed by atoms with Crippen LogP contribution < -0.4 is 0 Å². The van der Waals surface area contributed by atoms with E-state index in [2.05, 4.69) is 9.82 Å². The van der Waals surface area contributed by atoms with Crippen LogP contribution in [0.1, 0.15) is 16.1 Å². The number of benzene rings is 1. The zero-order valence-electron chi connectivity index (χ0n) is 11.4. The summed E-state index contributed by atoms with van der Waals surface area (Å²) in [5.41, 5.74) is 0.540. The first-order chi connectivity index (χ1) is 10.3. The second kappa shape index (κ2) is 6.30. The Balaban J connectivity index is 2.14. The van der Waals surface area contributed by atoms with Crippen molar-refractivity contribution >= 4 is 11.3 Å². The third-order valence-corrected chi connectivity index (χ3v) is 4.14. The molecule has 22 heavy (non-hydrogen) atoms. The Labute approximate surface area is 127 Å². The molecule has 0 amide bonds. The van der Waals surface area contributed by atoms with Crippen molar-refractivity contribution in [2.45, 2.75) is 19.5 Å². The predicted molar refractivity (Wildman–Crippen MR) is 73.9 cm³/mol. The topological polar surface area (TPSA) is 65.3 Å². The van der Waals surface area contributed by atoms with E-state index < -0.39 is 16.8 Å². The zero-order valence-corrected chi connectivity index (χ0v) is 12.2. The maximum absolute atomic E-state index is 12.5. The highest BCUT2D eigenvalue weighted by Gasteiger charge is 2.30. The number of thiazole rings is 1. The standard InChI is InChI=1S/C13H11F3N2O3S/c1-8-11(6-7-21-18(19)20)22-12(17-8)9-2-4-10(5-3-9)13(14,15)16/h2-5H,6-7H2,1H3. The van der Waals surface area contributed by atoms with Crippen molar-refractivity contribution in [1.82, 2.24) is 4.98 Å². The monoisotopic (exact) mass is 332 g/mol. The molecule has 2 aromatic rings. The molecule has 2 rings (SSSR count). The van der Waals surface area contributed by atoms with Crippen LogP contribution >= 0.6 is 11.3 Å². The fourth-order valence-corrected chi connectivity index (χ4v) is 2.85. The number of rotatable bonds is 5. The highest BCUT2D eigenvalue weighted by Crippen LogP contribution is 2.33. The lowest BCUT2D eigenvalue weighted by Gasteiger charge is -2.06. The largest absolute Gasteiger partial charge is 0.416 e. The lowest BCUT2D eigenvalue weighted by molar-refractivity contribution is -0.757. The lowest BCUT2D eigenvalue weighted by Crippen LogP contribution is -2.04. The summed E-state index contributed by atoms with van der Waals surface area (Å²) >= 11 is 1.28. The van der Waals surface area contributed by atoms with E-state index in [1.54, 1.807) is 6.92 Å². The Bertz CT molecular complexity index is 668. The molecule has 0 saturated carbocycles. The van der Waals surface area contributed by atoms with Crippen molar-refractivity contribution in [3.8, 4) is 10.6 Å². The Morgan fingerprint density at radius 3 is 2.50 bits per heavy atom. The zero-order chi connectivity index (χ0) is 16.3. The van der Waals surface area contributed by atoms with Crippen LogP contribution in [0.5, 0.6) is 0 Å². The maximum atomic E-state index is 12.5. The minimum Gasteiger partial charge on any atom is -0.314 e. The molecule has 5 nitrogen and oxygen atoms in total. The Morgan fingerprint density at radius 1 is 1.32 bits per heavy atom. The van der Waals surface area contributed by atoms with Crippen LogP contribution in [0.15, 0.2) is 24.3 Å². The molecular formula is C13H11F3N2O3S. The van der Waals surface area contributed by atoms with Crippen molar-refractivity contribution in [3.63, 3.8) is 0 Å². The van der Waals surface area contributed by atoms with Crippen LogP contribution in [-0.2, 0) is 17.4 Å². The summed E-state index contributed by atoms with van der Waals surface area (Å²) in [6, 6.07) is 4.72. The van der Waals surface area contributed by atoms with Crippen molar-refractivity contribution in [2.24, 2.45) is 0 Å². The number of nitrogens with zero attached hydrogens (tertiary/aromatic N) is 2. The molecule has 0 spiro atoms. The van der Waals surface area contributed by atoms with Crippen LogP contribution in [-0.4, -0.2) is 16.7 Å². The lowest BCUT2D eigenvalue weighted by atomic mass is 10.1. The van der Waals surface area contributed by atoms with Crippen molar-refractivity contribution in [3.05, 3.63) is 50.5 Å². The molecule has 0 unspecified atom stereocenters. The molecule has 0 N–H and O–H groups in total. The number of alkyl halides is 3. The molecule has 0 bridgehead atoms. The fourth-order valence-electron chi connectivity index (χ4n) is 1.80. The van der Waals surface area contributed by atoms with Crippen molar-refractivity contribution in [2.75, 3.05) is 6.61 Å². The van der Waals surface area contributed by atoms with Crippen molar-refractivity contribution in [1.29, 1.82) is 0 Å². The minimum atomic E-state index is -4.37. The molecule has 9 heteroatoms. The Kier molecular flexibility index (Phi) is 4.65. The molecule has 0 aliphatic carbocycles. The fraction of sp³-hybridized carbons (Fsp3) is 0.308. The van der Waals surface area contributed by atoms with Gasteiger partial charge in [0.05, 0.1) is 11.3 Å². The molecule has 0 atom stereocenters. The van der Waals surface area contributed by atoms with Crippen molar-refractivity contribution < 1.29 is 23.1 Å². The number of halogens is 3. The highest BCUT2D eigenvalue weighted by molar-refractivity contribution is 7.15. The molecule has 0 aliphatic heterocycles. The summed E-state index contributed by atoms with van der Waals surface area (Å²) in [5.74, 6) is 0. The molecule has 0 fully saturated rings. The van der Waals surface area contributed by atoms with E-state index in [0.717, 1.165) is 17.0 Å². The van der Waals surface area contributed by atoms with Gasteiger partial charge in [0.1, 0.15) is 11.6 Å². The van der Waals surface area contributed by atoms with Crippen LogP contribution in [0.2, 0.25) is 0 Å². The third kappa shape index (κ3) is 3.94. The van der Waals surface area contributed by atoms with E-state index >= 15 is 0 Å². The highest BCUT2D eigenvalue weighted by atomic mass is 32.1. The Hall–Kier alpha value is -2.16. The smallest absolute Gasteiger partial charge is 0.314 e. The average molecular weight is 332 g/mol. The quantitative estimate of drug-likeness (QED) is 0.615. The summed E-state index contributed by atoms with van der Waals surface area (Å²) in [7, 11) is 0. The van der Waals surface area contributed by atoms with E-state index in [0.29, 0.717) is 22.7 Å². The van der Waals surface area contributed by atoms with Gasteiger partial charge in [-0.2, -0.15) is 13.2 Å². The molecule has 1 aromatic heterocycles. The summed E-state index contributed by atoms with van der Waals surface area (Å²) < 4.78 is 37.5. The molecule has 118 valence electrons. The van der Waals surface area contributed by atoms with Gasteiger partial charge in [-0.1, -0.05) is 12.1 Å². The summed E-state index contributed by atoms with van der Waals surface area (Å²) in [4.78, 5) is 19.4. The minimum absolute atomic E-state index is 0.0809. The average Bonchev–Trinajstić information content (AvgIpc) is 2.79. The molecule has 0 aliphatic rings.